The Morgan fingerprint density at radius 1 is 1.05 bits per heavy atom. The fourth-order valence-electron chi connectivity index (χ4n) is 4.39. The molecule has 2 bridgehead atoms. The lowest BCUT2D eigenvalue weighted by molar-refractivity contribution is -0.132. The number of alkyl carbamates (subject to hydrolysis) is 1. The van der Waals surface area contributed by atoms with Crippen LogP contribution in [0.3, 0.4) is 0 Å². The number of aliphatic hydroxyl groups is 1. The van der Waals surface area contributed by atoms with Gasteiger partial charge in [-0.3, -0.25) is 9.59 Å². The summed E-state index contributed by atoms with van der Waals surface area (Å²) in [5.41, 5.74) is 1.64. The Hall–Kier alpha value is -3.59. The quantitative estimate of drug-likeness (QED) is 0.445. The molecule has 0 aliphatic carbocycles. The van der Waals surface area contributed by atoms with Crippen molar-refractivity contribution in [1.82, 2.24) is 16.0 Å². The lowest BCUT2D eigenvalue weighted by atomic mass is 9.96. The third-order valence-electron chi connectivity index (χ3n) is 7.07. The molecule has 2 aliphatic heterocycles. The highest BCUT2D eigenvalue weighted by molar-refractivity contribution is 5.91. The summed E-state index contributed by atoms with van der Waals surface area (Å²) in [6.07, 6.45) is 1.44. The van der Waals surface area contributed by atoms with E-state index in [1.165, 1.54) is 0 Å². The molecule has 9 heteroatoms. The lowest BCUT2D eigenvalue weighted by Crippen LogP contribution is -2.58. The van der Waals surface area contributed by atoms with Gasteiger partial charge >= 0.3 is 6.09 Å². The van der Waals surface area contributed by atoms with E-state index in [4.69, 9.17) is 9.47 Å². The van der Waals surface area contributed by atoms with Gasteiger partial charge in [0.25, 0.3) is 0 Å². The van der Waals surface area contributed by atoms with Crippen molar-refractivity contribution < 1.29 is 29.0 Å². The highest BCUT2D eigenvalue weighted by Crippen LogP contribution is 2.17. The van der Waals surface area contributed by atoms with E-state index in [0.29, 0.717) is 25.2 Å². The number of nitrogens with one attached hydrogen (secondary N) is 3. The van der Waals surface area contributed by atoms with Crippen molar-refractivity contribution in [2.75, 3.05) is 6.61 Å². The second-order valence-electron chi connectivity index (χ2n) is 10.2. The highest BCUT2D eigenvalue weighted by atomic mass is 16.5. The third-order valence-corrected chi connectivity index (χ3v) is 7.07. The first-order valence-electron chi connectivity index (χ1n) is 13.7. The average Bonchev–Trinajstić information content (AvgIpc) is 2.94. The monoisotopic (exact) mass is 539 g/mol. The summed E-state index contributed by atoms with van der Waals surface area (Å²) in [5.74, 6) is -0.329. The van der Waals surface area contributed by atoms with Crippen molar-refractivity contribution >= 4 is 17.9 Å². The van der Waals surface area contributed by atoms with Crippen LogP contribution in [0.25, 0.3) is 0 Å². The molecule has 0 aromatic heterocycles. The molecule has 0 saturated heterocycles. The molecule has 4 rings (SSSR count). The maximum absolute atomic E-state index is 13.5. The third kappa shape index (κ3) is 9.58. The molecule has 2 aliphatic rings. The second kappa shape index (κ2) is 15.1. The van der Waals surface area contributed by atoms with Crippen molar-refractivity contribution in [2.45, 2.75) is 83.7 Å². The maximum atomic E-state index is 13.5. The number of aliphatic hydroxyl groups excluding tert-OH is 1. The predicted molar refractivity (Wildman–Crippen MR) is 148 cm³/mol. The zero-order chi connectivity index (χ0) is 28.2. The summed E-state index contributed by atoms with van der Waals surface area (Å²) in [5, 5.41) is 18.8. The SMILES string of the molecule is CCC(C)[C@@H]1NC(=O)[C@@H](NC(=O)OCc2ccccc2)Cc2ccc(cc2)OCCCC[C@@H](C(C)O)NC1=O. The van der Waals surface area contributed by atoms with Crippen LogP contribution in [0, 0.1) is 5.92 Å². The average molecular weight is 540 g/mol. The Morgan fingerprint density at radius 2 is 1.77 bits per heavy atom. The van der Waals surface area contributed by atoms with Gasteiger partial charge in [0.05, 0.1) is 18.8 Å². The molecule has 0 spiro atoms. The lowest BCUT2D eigenvalue weighted by Gasteiger charge is -2.29. The summed E-state index contributed by atoms with van der Waals surface area (Å²) in [4.78, 5) is 39.6. The van der Waals surface area contributed by atoms with Crippen molar-refractivity contribution in [3.63, 3.8) is 0 Å². The minimum Gasteiger partial charge on any atom is -0.494 e. The van der Waals surface area contributed by atoms with Gasteiger partial charge in [0.2, 0.25) is 11.8 Å². The summed E-state index contributed by atoms with van der Waals surface area (Å²) in [6.45, 7) is 6.04. The topological polar surface area (TPSA) is 126 Å². The fourth-order valence-corrected chi connectivity index (χ4v) is 4.39. The maximum Gasteiger partial charge on any atom is 0.408 e. The standard InChI is InChI=1S/C30H41N3O6/c1-4-20(2)27-29(36)31-25(21(3)34)12-8-9-17-38-24-15-13-22(14-16-24)18-26(28(35)33-27)32-30(37)39-19-23-10-6-5-7-11-23/h5-7,10-11,13-16,20-21,25-27,34H,4,8-9,12,17-19H2,1-3H3,(H,31,36)(H,32,37)(H,33,35)/t20?,21?,25-,26-,27-/m0/s1. The summed E-state index contributed by atoms with van der Waals surface area (Å²) < 4.78 is 11.2. The van der Waals surface area contributed by atoms with Gasteiger partial charge in [-0.25, -0.2) is 4.79 Å². The molecule has 0 fully saturated rings. The van der Waals surface area contributed by atoms with Gasteiger partial charge in [0.15, 0.2) is 0 Å². The Labute approximate surface area is 230 Å². The molecule has 0 saturated carbocycles. The number of benzene rings is 2. The molecule has 4 N–H and O–H groups in total. The first-order chi connectivity index (χ1) is 18.8. The molecule has 9 nitrogen and oxygen atoms in total. The van der Waals surface area contributed by atoms with Gasteiger partial charge in [0, 0.05) is 6.42 Å². The molecular weight excluding hydrogens is 498 g/mol. The van der Waals surface area contributed by atoms with Gasteiger partial charge in [-0.15, -0.1) is 0 Å². The van der Waals surface area contributed by atoms with Gasteiger partial charge in [0.1, 0.15) is 24.4 Å². The Kier molecular flexibility index (Phi) is 11.6. The molecule has 2 aromatic carbocycles. The number of amides is 3. The van der Waals surface area contributed by atoms with Gasteiger partial charge in [-0.1, -0.05) is 62.7 Å². The number of hydrogen-bond acceptors (Lipinski definition) is 6. The molecule has 212 valence electrons. The van der Waals surface area contributed by atoms with E-state index in [0.717, 1.165) is 24.0 Å². The smallest absolute Gasteiger partial charge is 0.408 e. The van der Waals surface area contributed by atoms with Crippen LogP contribution < -0.4 is 20.7 Å². The molecular formula is C30H41N3O6. The molecule has 2 heterocycles. The molecule has 5 atom stereocenters. The van der Waals surface area contributed by atoms with Crippen LogP contribution in [0.15, 0.2) is 54.6 Å². The van der Waals surface area contributed by atoms with E-state index < -0.39 is 36.2 Å². The minimum absolute atomic E-state index is 0.0612. The predicted octanol–water partition coefficient (Wildman–Crippen LogP) is 3.48. The second-order valence-corrected chi connectivity index (χ2v) is 10.2. The Morgan fingerprint density at radius 3 is 2.44 bits per heavy atom. The number of hydrogen-bond donors (Lipinski definition) is 4. The first-order valence-corrected chi connectivity index (χ1v) is 13.7. The van der Waals surface area contributed by atoms with E-state index in [1.807, 2.05) is 68.4 Å². The zero-order valence-electron chi connectivity index (χ0n) is 23.0. The Balaban J connectivity index is 1.82. The zero-order valence-corrected chi connectivity index (χ0v) is 23.0. The number of ether oxygens (including phenoxy) is 2. The summed E-state index contributed by atoms with van der Waals surface area (Å²) >= 11 is 0. The van der Waals surface area contributed by atoms with Crippen molar-refractivity contribution in [2.24, 2.45) is 5.92 Å². The van der Waals surface area contributed by atoms with Gasteiger partial charge in [-0.2, -0.15) is 0 Å². The number of carbonyl (C=O) groups is 3. The summed E-state index contributed by atoms with van der Waals surface area (Å²) in [6, 6.07) is 14.4. The van der Waals surface area contributed by atoms with Gasteiger partial charge < -0.3 is 30.5 Å². The van der Waals surface area contributed by atoms with E-state index in [-0.39, 0.29) is 24.9 Å². The fraction of sp³-hybridized carbons (Fsp3) is 0.500. The van der Waals surface area contributed by atoms with Crippen molar-refractivity contribution in [3.05, 3.63) is 65.7 Å². The Bertz CT molecular complexity index is 1060. The normalized spacial score (nSPS) is 22.4. The molecule has 0 radical (unpaired) electrons. The molecule has 2 unspecified atom stereocenters. The largest absolute Gasteiger partial charge is 0.494 e. The van der Waals surface area contributed by atoms with Crippen LogP contribution in [0.1, 0.15) is 57.6 Å². The first kappa shape index (κ1) is 30.0. The van der Waals surface area contributed by atoms with Crippen LogP contribution in [-0.4, -0.2) is 53.9 Å². The van der Waals surface area contributed by atoms with Crippen LogP contribution in [-0.2, 0) is 27.4 Å². The minimum atomic E-state index is -0.984. The van der Waals surface area contributed by atoms with Crippen LogP contribution in [0.2, 0.25) is 0 Å². The van der Waals surface area contributed by atoms with Gasteiger partial charge in [-0.05, 0) is 55.4 Å². The van der Waals surface area contributed by atoms with Crippen molar-refractivity contribution in [3.8, 4) is 5.75 Å². The van der Waals surface area contributed by atoms with E-state index in [9.17, 15) is 19.5 Å². The van der Waals surface area contributed by atoms with Crippen LogP contribution in [0.5, 0.6) is 5.75 Å². The van der Waals surface area contributed by atoms with E-state index in [1.54, 1.807) is 6.92 Å². The number of carbonyl (C=O) groups excluding carboxylic acids is 3. The molecule has 39 heavy (non-hydrogen) atoms. The number of rotatable bonds is 6. The molecule has 2 aromatic rings. The van der Waals surface area contributed by atoms with E-state index >= 15 is 0 Å². The number of fused-ring (bicyclic) bond motifs is 14. The van der Waals surface area contributed by atoms with Crippen LogP contribution in [0.4, 0.5) is 4.79 Å². The van der Waals surface area contributed by atoms with E-state index in [2.05, 4.69) is 16.0 Å². The van der Waals surface area contributed by atoms with Crippen molar-refractivity contribution in [1.29, 1.82) is 0 Å². The highest BCUT2D eigenvalue weighted by Gasteiger charge is 2.32. The molecule has 3 amide bonds. The van der Waals surface area contributed by atoms with Crippen LogP contribution >= 0.6 is 0 Å². The summed E-state index contributed by atoms with van der Waals surface area (Å²) in [7, 11) is 0.